The number of ether oxygens (including phenoxy) is 3. The second-order valence-corrected chi connectivity index (χ2v) is 5.21. The smallest absolute Gasteiger partial charge is 0.191 e. The molecule has 1 aliphatic heterocycles. The van der Waals surface area contributed by atoms with E-state index in [0.29, 0.717) is 13.2 Å². The van der Waals surface area contributed by atoms with Gasteiger partial charge in [0, 0.05) is 40.5 Å². The van der Waals surface area contributed by atoms with Crippen molar-refractivity contribution in [2.75, 3.05) is 53.7 Å². The number of hydrogen-bond acceptors (Lipinski definition) is 4. The SMILES string of the molecule is CN=C(NCCCOCCOC)NCC1(C)CCCO1.I. The van der Waals surface area contributed by atoms with Gasteiger partial charge >= 0.3 is 0 Å². The van der Waals surface area contributed by atoms with Crippen molar-refractivity contribution < 1.29 is 14.2 Å². The van der Waals surface area contributed by atoms with Crippen molar-refractivity contribution in [1.82, 2.24) is 10.6 Å². The maximum atomic E-state index is 5.74. The molecule has 1 saturated heterocycles. The van der Waals surface area contributed by atoms with Crippen LogP contribution >= 0.6 is 24.0 Å². The van der Waals surface area contributed by atoms with Crippen molar-refractivity contribution in [1.29, 1.82) is 0 Å². The standard InChI is InChI=1S/C14H29N3O3.HI/c1-14(6-4-9-20-14)12-17-13(15-2)16-7-5-8-19-11-10-18-3;/h4-12H2,1-3H3,(H2,15,16,17);1H. The fourth-order valence-corrected chi connectivity index (χ4v) is 2.09. The maximum Gasteiger partial charge on any atom is 0.191 e. The third-order valence-corrected chi connectivity index (χ3v) is 3.34. The van der Waals surface area contributed by atoms with E-state index in [1.54, 1.807) is 14.2 Å². The zero-order chi connectivity index (χ0) is 14.7. The Kier molecular flexibility index (Phi) is 12.4. The van der Waals surface area contributed by atoms with E-state index in [2.05, 4.69) is 22.5 Å². The van der Waals surface area contributed by atoms with E-state index in [-0.39, 0.29) is 29.6 Å². The molecule has 2 N–H and O–H groups in total. The van der Waals surface area contributed by atoms with Gasteiger partial charge in [0.1, 0.15) is 0 Å². The van der Waals surface area contributed by atoms with Gasteiger partial charge in [0.25, 0.3) is 0 Å². The number of nitrogens with one attached hydrogen (secondary N) is 2. The van der Waals surface area contributed by atoms with Crippen molar-refractivity contribution in [2.24, 2.45) is 4.99 Å². The van der Waals surface area contributed by atoms with Crippen molar-refractivity contribution >= 4 is 29.9 Å². The molecular weight excluding hydrogens is 385 g/mol. The molecule has 1 unspecified atom stereocenters. The highest BCUT2D eigenvalue weighted by atomic mass is 127. The van der Waals surface area contributed by atoms with E-state index >= 15 is 0 Å². The van der Waals surface area contributed by atoms with Crippen molar-refractivity contribution in [3.05, 3.63) is 0 Å². The molecule has 0 saturated carbocycles. The van der Waals surface area contributed by atoms with Gasteiger partial charge in [-0.1, -0.05) is 0 Å². The topological polar surface area (TPSA) is 64.1 Å². The highest BCUT2D eigenvalue weighted by Crippen LogP contribution is 2.23. The first-order valence-electron chi connectivity index (χ1n) is 7.35. The first-order chi connectivity index (χ1) is 9.70. The first-order valence-corrected chi connectivity index (χ1v) is 7.35. The van der Waals surface area contributed by atoms with Crippen LogP contribution < -0.4 is 10.6 Å². The summed E-state index contributed by atoms with van der Waals surface area (Å²) in [5.41, 5.74) is -0.0547. The Balaban J connectivity index is 0.00000400. The molecule has 0 aliphatic carbocycles. The van der Waals surface area contributed by atoms with Gasteiger partial charge in [-0.2, -0.15) is 0 Å². The van der Waals surface area contributed by atoms with Gasteiger partial charge in [0.05, 0.1) is 18.8 Å². The largest absolute Gasteiger partial charge is 0.382 e. The highest BCUT2D eigenvalue weighted by molar-refractivity contribution is 14.0. The number of guanidine groups is 1. The Morgan fingerprint density at radius 1 is 1.29 bits per heavy atom. The lowest BCUT2D eigenvalue weighted by Gasteiger charge is -2.24. The monoisotopic (exact) mass is 415 g/mol. The predicted molar refractivity (Wildman–Crippen MR) is 95.7 cm³/mol. The first kappa shape index (κ1) is 20.9. The number of halogens is 1. The lowest BCUT2D eigenvalue weighted by molar-refractivity contribution is 0.0242. The summed E-state index contributed by atoms with van der Waals surface area (Å²) in [7, 11) is 3.46. The molecule has 0 radical (unpaired) electrons. The predicted octanol–water partition coefficient (Wildman–Crippen LogP) is 1.39. The summed E-state index contributed by atoms with van der Waals surface area (Å²) in [6.07, 6.45) is 3.19. The fourth-order valence-electron chi connectivity index (χ4n) is 2.09. The Morgan fingerprint density at radius 2 is 2.10 bits per heavy atom. The summed E-state index contributed by atoms with van der Waals surface area (Å²) in [6.45, 7) is 6.66. The van der Waals surface area contributed by atoms with Crippen LogP contribution in [0.25, 0.3) is 0 Å². The summed E-state index contributed by atoms with van der Waals surface area (Å²) < 4.78 is 16.1. The van der Waals surface area contributed by atoms with Crippen LogP contribution in [0.4, 0.5) is 0 Å². The van der Waals surface area contributed by atoms with E-state index in [1.807, 2.05) is 0 Å². The third-order valence-electron chi connectivity index (χ3n) is 3.34. The Morgan fingerprint density at radius 3 is 2.71 bits per heavy atom. The quantitative estimate of drug-likeness (QED) is 0.258. The third kappa shape index (κ3) is 9.49. The van der Waals surface area contributed by atoms with E-state index in [9.17, 15) is 0 Å². The summed E-state index contributed by atoms with van der Waals surface area (Å²) in [5, 5.41) is 6.59. The average Bonchev–Trinajstić information content (AvgIpc) is 2.88. The van der Waals surface area contributed by atoms with E-state index < -0.39 is 0 Å². The van der Waals surface area contributed by atoms with Crippen LogP contribution in [0.3, 0.4) is 0 Å². The Hall–Kier alpha value is -0.120. The molecule has 21 heavy (non-hydrogen) atoms. The molecule has 0 amide bonds. The van der Waals surface area contributed by atoms with Gasteiger partial charge in [0.2, 0.25) is 0 Å². The number of nitrogens with zero attached hydrogens (tertiary/aromatic N) is 1. The molecule has 0 bridgehead atoms. The minimum absolute atomic E-state index is 0. The van der Waals surface area contributed by atoms with Gasteiger partial charge in [-0.05, 0) is 26.2 Å². The number of hydrogen-bond donors (Lipinski definition) is 2. The van der Waals surface area contributed by atoms with Crippen LogP contribution in [0, 0.1) is 0 Å². The van der Waals surface area contributed by atoms with Crippen LogP contribution in [0.1, 0.15) is 26.2 Å². The molecule has 1 rings (SSSR count). The van der Waals surface area contributed by atoms with Gasteiger partial charge in [0.15, 0.2) is 5.96 Å². The molecular formula is C14H30IN3O3. The van der Waals surface area contributed by atoms with Crippen LogP contribution in [-0.2, 0) is 14.2 Å². The second kappa shape index (κ2) is 12.4. The average molecular weight is 415 g/mol. The van der Waals surface area contributed by atoms with E-state index in [4.69, 9.17) is 14.2 Å². The molecule has 7 heteroatoms. The van der Waals surface area contributed by atoms with Gasteiger partial charge in [-0.25, -0.2) is 0 Å². The van der Waals surface area contributed by atoms with Crippen LogP contribution in [0.2, 0.25) is 0 Å². The summed E-state index contributed by atoms with van der Waals surface area (Å²) in [5.74, 6) is 0.818. The summed E-state index contributed by atoms with van der Waals surface area (Å²) >= 11 is 0. The van der Waals surface area contributed by atoms with Crippen molar-refractivity contribution in [3.63, 3.8) is 0 Å². The fraction of sp³-hybridized carbons (Fsp3) is 0.929. The van der Waals surface area contributed by atoms with Crippen LogP contribution in [0.15, 0.2) is 4.99 Å². The minimum Gasteiger partial charge on any atom is -0.382 e. The van der Waals surface area contributed by atoms with E-state index in [0.717, 1.165) is 51.5 Å². The van der Waals surface area contributed by atoms with Crippen LogP contribution in [-0.4, -0.2) is 65.2 Å². The van der Waals surface area contributed by atoms with Gasteiger partial charge < -0.3 is 24.8 Å². The Bertz CT molecular complexity index is 285. The van der Waals surface area contributed by atoms with Crippen molar-refractivity contribution in [3.8, 4) is 0 Å². The maximum absolute atomic E-state index is 5.74. The lowest BCUT2D eigenvalue weighted by Crippen LogP contribution is -2.45. The molecule has 1 aliphatic rings. The molecule has 0 aromatic rings. The molecule has 0 aromatic carbocycles. The normalized spacial score (nSPS) is 22.0. The number of rotatable bonds is 9. The minimum atomic E-state index is -0.0547. The van der Waals surface area contributed by atoms with E-state index in [1.165, 1.54) is 0 Å². The summed E-state index contributed by atoms with van der Waals surface area (Å²) in [6, 6.07) is 0. The zero-order valence-electron chi connectivity index (χ0n) is 13.4. The number of aliphatic imine (C=N–C) groups is 1. The molecule has 6 nitrogen and oxygen atoms in total. The van der Waals surface area contributed by atoms with Gasteiger partial charge in [-0.3, -0.25) is 4.99 Å². The highest BCUT2D eigenvalue weighted by Gasteiger charge is 2.29. The molecule has 0 spiro atoms. The molecule has 1 atom stereocenters. The summed E-state index contributed by atoms with van der Waals surface area (Å²) in [4.78, 5) is 4.21. The molecule has 0 aromatic heterocycles. The molecule has 1 heterocycles. The molecule has 126 valence electrons. The van der Waals surface area contributed by atoms with Crippen LogP contribution in [0.5, 0.6) is 0 Å². The second-order valence-electron chi connectivity index (χ2n) is 5.21. The lowest BCUT2D eigenvalue weighted by atomic mass is 10.0. The Labute approximate surface area is 145 Å². The number of methoxy groups -OCH3 is 1. The zero-order valence-corrected chi connectivity index (χ0v) is 15.8. The molecule has 1 fully saturated rings. The van der Waals surface area contributed by atoms with Gasteiger partial charge in [-0.15, -0.1) is 24.0 Å². The van der Waals surface area contributed by atoms with Crippen molar-refractivity contribution in [2.45, 2.75) is 31.8 Å².